The number of hydrogen-bond donors (Lipinski definition) is 2. The van der Waals surface area contributed by atoms with Gasteiger partial charge in [0.1, 0.15) is 5.75 Å². The van der Waals surface area contributed by atoms with Crippen LogP contribution in [0.1, 0.15) is 12.5 Å². The Labute approximate surface area is 85.9 Å². The van der Waals surface area contributed by atoms with Crippen LogP contribution in [0.5, 0.6) is 5.75 Å². The molecule has 1 aromatic carbocycles. The fraction of sp³-hybridized carbons (Fsp3) is 0.333. The molecule has 1 atom stereocenters. The number of phenolic OH excluding ortho intramolecular Hbond substituents is 1. The van der Waals surface area contributed by atoms with Gasteiger partial charge in [-0.15, -0.1) is 0 Å². The molecule has 0 spiro atoms. The standard InChI is InChI=1S/C9H12INO/c1-6(11)4-7-2-3-8(10)5-9(7)12/h2-3,5-6,12H,4,11H2,1H3/t6-/m1/s1. The molecule has 0 aliphatic heterocycles. The highest BCUT2D eigenvalue weighted by atomic mass is 127. The second-order valence-corrected chi connectivity index (χ2v) is 4.20. The summed E-state index contributed by atoms with van der Waals surface area (Å²) in [5.41, 5.74) is 6.54. The molecule has 1 rings (SSSR count). The summed E-state index contributed by atoms with van der Waals surface area (Å²) in [7, 11) is 0. The Hall–Kier alpha value is -0.290. The minimum absolute atomic E-state index is 0.0935. The molecule has 3 heteroatoms. The highest BCUT2D eigenvalue weighted by Gasteiger charge is 2.03. The van der Waals surface area contributed by atoms with Gasteiger partial charge in [0.15, 0.2) is 0 Å². The van der Waals surface area contributed by atoms with E-state index < -0.39 is 0 Å². The molecule has 0 amide bonds. The molecule has 0 aliphatic carbocycles. The smallest absolute Gasteiger partial charge is 0.119 e. The number of rotatable bonds is 2. The third-order valence-corrected chi connectivity index (χ3v) is 2.26. The van der Waals surface area contributed by atoms with E-state index in [0.717, 1.165) is 15.6 Å². The second kappa shape index (κ2) is 4.09. The molecule has 12 heavy (non-hydrogen) atoms. The topological polar surface area (TPSA) is 46.2 Å². The molecule has 0 aliphatic rings. The van der Waals surface area contributed by atoms with Gasteiger partial charge in [-0.25, -0.2) is 0 Å². The maximum Gasteiger partial charge on any atom is 0.119 e. The van der Waals surface area contributed by atoms with Gasteiger partial charge in [0.05, 0.1) is 0 Å². The summed E-state index contributed by atoms with van der Waals surface area (Å²) in [6, 6.07) is 5.73. The van der Waals surface area contributed by atoms with Crippen molar-refractivity contribution in [2.45, 2.75) is 19.4 Å². The van der Waals surface area contributed by atoms with Crippen LogP contribution in [0.4, 0.5) is 0 Å². The fourth-order valence-electron chi connectivity index (χ4n) is 1.06. The van der Waals surface area contributed by atoms with Gasteiger partial charge in [-0.3, -0.25) is 0 Å². The van der Waals surface area contributed by atoms with Gasteiger partial charge in [0.2, 0.25) is 0 Å². The zero-order chi connectivity index (χ0) is 9.14. The van der Waals surface area contributed by atoms with Crippen molar-refractivity contribution in [2.24, 2.45) is 5.73 Å². The first-order valence-corrected chi connectivity index (χ1v) is 4.90. The number of aromatic hydroxyl groups is 1. The summed E-state index contributed by atoms with van der Waals surface area (Å²) in [6.45, 7) is 1.93. The third kappa shape index (κ3) is 2.64. The Balaban J connectivity index is 2.86. The van der Waals surface area contributed by atoms with E-state index in [1.807, 2.05) is 19.1 Å². The van der Waals surface area contributed by atoms with Gasteiger partial charge in [-0.2, -0.15) is 0 Å². The van der Waals surface area contributed by atoms with Crippen LogP contribution in [0.15, 0.2) is 18.2 Å². The predicted molar refractivity (Wildman–Crippen MR) is 58.2 cm³/mol. The SMILES string of the molecule is C[C@@H](N)Cc1ccc(I)cc1O. The number of nitrogens with two attached hydrogens (primary N) is 1. The van der Waals surface area contributed by atoms with Crippen molar-refractivity contribution in [1.82, 2.24) is 0 Å². The van der Waals surface area contributed by atoms with E-state index in [-0.39, 0.29) is 6.04 Å². The minimum atomic E-state index is 0.0935. The molecule has 0 fully saturated rings. The lowest BCUT2D eigenvalue weighted by atomic mass is 10.1. The average molecular weight is 277 g/mol. The summed E-state index contributed by atoms with van der Waals surface area (Å²) in [5, 5.41) is 9.48. The van der Waals surface area contributed by atoms with Gasteiger partial charge < -0.3 is 10.8 Å². The van der Waals surface area contributed by atoms with Crippen LogP contribution in [0.25, 0.3) is 0 Å². The van der Waals surface area contributed by atoms with Crippen molar-refractivity contribution in [1.29, 1.82) is 0 Å². The zero-order valence-corrected chi connectivity index (χ0v) is 9.08. The van der Waals surface area contributed by atoms with Gasteiger partial charge in [0.25, 0.3) is 0 Å². The Bertz CT molecular complexity index is 273. The molecular weight excluding hydrogens is 265 g/mol. The molecule has 0 unspecified atom stereocenters. The third-order valence-electron chi connectivity index (χ3n) is 1.59. The largest absolute Gasteiger partial charge is 0.508 e. The van der Waals surface area contributed by atoms with E-state index in [1.54, 1.807) is 6.07 Å². The quantitative estimate of drug-likeness (QED) is 0.811. The summed E-state index contributed by atoms with van der Waals surface area (Å²) in [4.78, 5) is 0. The maximum atomic E-state index is 9.48. The van der Waals surface area contributed by atoms with Crippen LogP contribution in [-0.2, 0) is 6.42 Å². The van der Waals surface area contributed by atoms with Crippen molar-refractivity contribution in [3.8, 4) is 5.75 Å². The lowest BCUT2D eigenvalue weighted by Crippen LogP contribution is -2.17. The molecule has 0 saturated carbocycles. The number of benzene rings is 1. The van der Waals surface area contributed by atoms with E-state index in [4.69, 9.17) is 5.73 Å². The Kier molecular flexibility index (Phi) is 3.34. The highest BCUT2D eigenvalue weighted by molar-refractivity contribution is 14.1. The summed E-state index contributed by atoms with van der Waals surface area (Å²) in [5.74, 6) is 0.346. The van der Waals surface area contributed by atoms with Crippen molar-refractivity contribution in [3.63, 3.8) is 0 Å². The maximum absolute atomic E-state index is 9.48. The molecule has 0 heterocycles. The molecule has 0 saturated heterocycles. The zero-order valence-electron chi connectivity index (χ0n) is 6.92. The summed E-state index contributed by atoms with van der Waals surface area (Å²) in [6.07, 6.45) is 0.725. The van der Waals surface area contributed by atoms with Gasteiger partial charge in [-0.05, 0) is 53.6 Å². The number of halogens is 1. The van der Waals surface area contributed by atoms with E-state index in [1.165, 1.54) is 0 Å². The molecule has 66 valence electrons. The molecular formula is C9H12INO. The van der Waals surface area contributed by atoms with Crippen molar-refractivity contribution in [3.05, 3.63) is 27.3 Å². The van der Waals surface area contributed by atoms with E-state index in [2.05, 4.69) is 22.6 Å². The van der Waals surface area contributed by atoms with Gasteiger partial charge in [0, 0.05) is 9.61 Å². The minimum Gasteiger partial charge on any atom is -0.508 e. The van der Waals surface area contributed by atoms with Crippen molar-refractivity contribution >= 4 is 22.6 Å². The summed E-state index contributed by atoms with van der Waals surface area (Å²) < 4.78 is 1.04. The lowest BCUT2D eigenvalue weighted by Gasteiger charge is -2.07. The van der Waals surface area contributed by atoms with E-state index in [9.17, 15) is 5.11 Å². The number of phenols is 1. The Morgan fingerprint density at radius 3 is 2.75 bits per heavy atom. The Morgan fingerprint density at radius 2 is 2.25 bits per heavy atom. The van der Waals surface area contributed by atoms with E-state index in [0.29, 0.717) is 5.75 Å². The first-order valence-electron chi connectivity index (χ1n) is 3.82. The molecule has 0 aromatic heterocycles. The van der Waals surface area contributed by atoms with Gasteiger partial charge in [-0.1, -0.05) is 6.07 Å². The van der Waals surface area contributed by atoms with Crippen LogP contribution < -0.4 is 5.73 Å². The van der Waals surface area contributed by atoms with Crippen LogP contribution in [0.2, 0.25) is 0 Å². The van der Waals surface area contributed by atoms with Gasteiger partial charge >= 0.3 is 0 Å². The van der Waals surface area contributed by atoms with Crippen molar-refractivity contribution in [2.75, 3.05) is 0 Å². The lowest BCUT2D eigenvalue weighted by molar-refractivity contribution is 0.465. The molecule has 0 radical (unpaired) electrons. The highest BCUT2D eigenvalue weighted by Crippen LogP contribution is 2.20. The summed E-state index contributed by atoms with van der Waals surface area (Å²) >= 11 is 2.16. The van der Waals surface area contributed by atoms with Crippen LogP contribution in [-0.4, -0.2) is 11.1 Å². The number of hydrogen-bond acceptors (Lipinski definition) is 2. The predicted octanol–water partition coefficient (Wildman–Crippen LogP) is 1.89. The van der Waals surface area contributed by atoms with Crippen molar-refractivity contribution < 1.29 is 5.11 Å². The Morgan fingerprint density at radius 1 is 1.58 bits per heavy atom. The van der Waals surface area contributed by atoms with E-state index >= 15 is 0 Å². The second-order valence-electron chi connectivity index (χ2n) is 2.95. The molecule has 2 nitrogen and oxygen atoms in total. The van der Waals surface area contributed by atoms with Crippen LogP contribution in [0.3, 0.4) is 0 Å². The van der Waals surface area contributed by atoms with Crippen LogP contribution >= 0.6 is 22.6 Å². The molecule has 1 aromatic rings. The average Bonchev–Trinajstić information content (AvgIpc) is 1.94. The molecule has 3 N–H and O–H groups in total. The van der Waals surface area contributed by atoms with Crippen LogP contribution in [0, 0.1) is 3.57 Å². The first-order chi connectivity index (χ1) is 5.59. The fourth-order valence-corrected chi connectivity index (χ4v) is 1.53. The monoisotopic (exact) mass is 277 g/mol. The normalized spacial score (nSPS) is 12.9. The first kappa shape index (κ1) is 9.80. The molecule has 0 bridgehead atoms.